The first-order valence-electron chi connectivity index (χ1n) is 8.40. The molecule has 1 heterocycles. The molecule has 4 nitrogen and oxygen atoms in total. The van der Waals surface area contributed by atoms with Crippen molar-refractivity contribution in [2.24, 2.45) is 5.16 Å². The van der Waals surface area contributed by atoms with E-state index in [2.05, 4.69) is 25.9 Å². The first-order valence-corrected chi connectivity index (χ1v) is 9.19. The van der Waals surface area contributed by atoms with Crippen LogP contribution in [0.5, 0.6) is 0 Å². The van der Waals surface area contributed by atoms with Crippen molar-refractivity contribution in [1.82, 2.24) is 0 Å². The molecule has 0 fully saturated rings. The molecule has 12 heteroatoms. The van der Waals surface area contributed by atoms with Crippen LogP contribution in [0, 0.1) is 12.7 Å². The highest BCUT2D eigenvalue weighted by Gasteiger charge is 2.64. The fourth-order valence-corrected chi connectivity index (χ4v) is 3.63. The minimum atomic E-state index is -5.33. The van der Waals surface area contributed by atoms with Crippen LogP contribution in [0.15, 0.2) is 40.0 Å². The summed E-state index contributed by atoms with van der Waals surface area (Å²) in [6, 6.07) is 3.95. The van der Waals surface area contributed by atoms with Gasteiger partial charge in [0, 0.05) is 5.56 Å². The summed E-state index contributed by atoms with van der Waals surface area (Å²) < 4.78 is 95.3. The van der Waals surface area contributed by atoms with Crippen LogP contribution in [0.3, 0.4) is 0 Å². The van der Waals surface area contributed by atoms with E-state index >= 15 is 0 Å². The summed E-state index contributed by atoms with van der Waals surface area (Å²) >= 11 is 2.53. The van der Waals surface area contributed by atoms with Crippen molar-refractivity contribution in [3.63, 3.8) is 0 Å². The number of hydrogen-bond donors (Lipinski definition) is 1. The Bertz CT molecular complexity index is 1100. The summed E-state index contributed by atoms with van der Waals surface area (Å²) in [6.07, 6.45) is -11.5. The molecule has 2 aromatic rings. The largest absolute Gasteiger partial charge is 0.478 e. The molecule has 0 amide bonds. The van der Waals surface area contributed by atoms with Gasteiger partial charge in [0.25, 0.3) is 5.60 Å². The number of aryl methyl sites for hydroxylation is 1. The van der Waals surface area contributed by atoms with Crippen LogP contribution in [-0.2, 0) is 16.6 Å². The number of halogens is 8. The predicted molar refractivity (Wildman–Crippen MR) is 97.2 cm³/mol. The van der Waals surface area contributed by atoms with Crippen LogP contribution < -0.4 is 0 Å². The van der Waals surface area contributed by atoms with Crippen molar-refractivity contribution in [2.45, 2.75) is 31.3 Å². The molecular formula is C19H11BrF7NO3. The van der Waals surface area contributed by atoms with Crippen molar-refractivity contribution in [3.8, 4) is 0 Å². The Labute approximate surface area is 178 Å². The van der Waals surface area contributed by atoms with E-state index in [1.807, 2.05) is 0 Å². The third-order valence-electron chi connectivity index (χ3n) is 4.77. The van der Waals surface area contributed by atoms with Crippen LogP contribution in [0.25, 0.3) is 0 Å². The molecule has 1 atom stereocenters. The summed E-state index contributed by atoms with van der Waals surface area (Å²) in [7, 11) is 0. The van der Waals surface area contributed by atoms with Gasteiger partial charge in [-0.25, -0.2) is 9.18 Å². The Hall–Kier alpha value is -2.63. The van der Waals surface area contributed by atoms with E-state index in [0.29, 0.717) is 6.07 Å². The van der Waals surface area contributed by atoms with Gasteiger partial charge in [-0.2, -0.15) is 26.3 Å². The zero-order chi connectivity index (χ0) is 23.4. The Morgan fingerprint density at radius 2 is 1.81 bits per heavy atom. The molecule has 3 rings (SSSR count). The van der Waals surface area contributed by atoms with Gasteiger partial charge in [-0.05, 0) is 58.2 Å². The Kier molecular flexibility index (Phi) is 5.58. The van der Waals surface area contributed by atoms with Crippen molar-refractivity contribution >= 4 is 27.6 Å². The molecule has 0 saturated carbocycles. The van der Waals surface area contributed by atoms with Crippen molar-refractivity contribution in [1.29, 1.82) is 0 Å². The summed E-state index contributed by atoms with van der Waals surface area (Å²) in [5, 5.41) is 12.4. The SMILES string of the molecule is Cc1cc(C2=NOC(c3cc(C(F)(F)F)cc(Br)c3F)(C(F)(F)F)C2)ccc1C(=O)O. The lowest BCUT2D eigenvalue weighted by molar-refractivity contribution is -0.277. The zero-order valence-corrected chi connectivity index (χ0v) is 16.9. The van der Waals surface area contributed by atoms with Gasteiger partial charge >= 0.3 is 18.3 Å². The van der Waals surface area contributed by atoms with Gasteiger partial charge in [0.15, 0.2) is 0 Å². The van der Waals surface area contributed by atoms with Gasteiger partial charge in [0.1, 0.15) is 5.82 Å². The van der Waals surface area contributed by atoms with Crippen molar-refractivity contribution < 1.29 is 45.5 Å². The molecule has 1 unspecified atom stereocenters. The Morgan fingerprint density at radius 1 is 1.16 bits per heavy atom. The highest BCUT2D eigenvalue weighted by molar-refractivity contribution is 9.10. The lowest BCUT2D eigenvalue weighted by Crippen LogP contribution is -2.43. The van der Waals surface area contributed by atoms with E-state index < -0.39 is 51.8 Å². The smallest absolute Gasteiger partial charge is 0.435 e. The molecule has 0 saturated heterocycles. The maximum Gasteiger partial charge on any atom is 0.435 e. The van der Waals surface area contributed by atoms with E-state index in [9.17, 15) is 35.5 Å². The van der Waals surface area contributed by atoms with E-state index in [0.717, 1.165) is 6.07 Å². The van der Waals surface area contributed by atoms with Gasteiger partial charge in [-0.3, -0.25) is 0 Å². The van der Waals surface area contributed by atoms with Gasteiger partial charge in [0.05, 0.1) is 27.7 Å². The summed E-state index contributed by atoms with van der Waals surface area (Å²) in [4.78, 5) is 15.7. The van der Waals surface area contributed by atoms with Gasteiger partial charge in [0.2, 0.25) is 0 Å². The van der Waals surface area contributed by atoms with Gasteiger partial charge in [-0.1, -0.05) is 11.2 Å². The highest BCUT2D eigenvalue weighted by atomic mass is 79.9. The van der Waals surface area contributed by atoms with E-state index in [-0.39, 0.29) is 28.5 Å². The minimum absolute atomic E-state index is 0.0464. The van der Waals surface area contributed by atoms with E-state index in [1.54, 1.807) is 0 Å². The number of oxime groups is 1. The van der Waals surface area contributed by atoms with Crippen LogP contribution in [-0.4, -0.2) is 23.0 Å². The lowest BCUT2D eigenvalue weighted by atomic mass is 9.85. The predicted octanol–water partition coefficient (Wildman–Crippen LogP) is 6.20. The monoisotopic (exact) mass is 513 g/mol. The number of carboxylic acids is 1. The Balaban J connectivity index is 2.12. The molecule has 1 N–H and O–H groups in total. The lowest BCUT2D eigenvalue weighted by Gasteiger charge is -2.30. The van der Waals surface area contributed by atoms with Crippen molar-refractivity contribution in [2.75, 3.05) is 0 Å². The third-order valence-corrected chi connectivity index (χ3v) is 5.34. The molecule has 2 aromatic carbocycles. The van der Waals surface area contributed by atoms with Crippen LogP contribution in [0.1, 0.15) is 39.0 Å². The standard InChI is InChI=1S/C19H11BrF7NO3/c1-8-4-9(2-3-11(8)16(29)30)14-7-17(31-28-14,19(25,26)27)12-5-10(18(22,23)24)6-13(20)15(12)21/h2-6H,7H2,1H3,(H,29,30). The summed E-state index contributed by atoms with van der Waals surface area (Å²) in [5.74, 6) is -2.83. The average Bonchev–Trinajstić information content (AvgIpc) is 3.09. The highest BCUT2D eigenvalue weighted by Crippen LogP contribution is 2.51. The molecule has 0 radical (unpaired) electrons. The number of benzene rings is 2. The molecule has 1 aliphatic rings. The minimum Gasteiger partial charge on any atom is -0.478 e. The first-order chi connectivity index (χ1) is 14.2. The topological polar surface area (TPSA) is 58.9 Å². The molecule has 0 bridgehead atoms. The van der Waals surface area contributed by atoms with Crippen LogP contribution in [0.2, 0.25) is 0 Å². The molecular weight excluding hydrogens is 503 g/mol. The third kappa shape index (κ3) is 4.00. The number of hydrogen-bond acceptors (Lipinski definition) is 3. The van der Waals surface area contributed by atoms with Crippen molar-refractivity contribution in [3.05, 3.63) is 68.4 Å². The average molecular weight is 514 g/mol. The molecule has 0 spiro atoms. The van der Waals surface area contributed by atoms with E-state index in [1.165, 1.54) is 19.1 Å². The maximum absolute atomic E-state index is 14.6. The number of nitrogens with zero attached hydrogens (tertiary/aromatic N) is 1. The summed E-state index contributed by atoms with van der Waals surface area (Å²) in [6.45, 7) is 1.41. The fraction of sp³-hybridized carbons (Fsp3) is 0.263. The fourth-order valence-electron chi connectivity index (χ4n) is 3.17. The van der Waals surface area contributed by atoms with Gasteiger partial charge < -0.3 is 9.94 Å². The molecule has 0 aliphatic carbocycles. The molecule has 166 valence electrons. The first kappa shape index (κ1) is 23.0. The van der Waals surface area contributed by atoms with Gasteiger partial charge in [-0.15, -0.1) is 0 Å². The summed E-state index contributed by atoms with van der Waals surface area (Å²) in [5.41, 5.74) is -6.54. The zero-order valence-electron chi connectivity index (χ0n) is 15.3. The second-order valence-corrected chi connectivity index (χ2v) is 7.64. The van der Waals surface area contributed by atoms with Crippen LogP contribution >= 0.6 is 15.9 Å². The number of aromatic carboxylic acids is 1. The number of carbonyl (C=O) groups is 1. The molecule has 0 aromatic heterocycles. The second kappa shape index (κ2) is 7.50. The normalized spacial score (nSPS) is 19.2. The quantitative estimate of drug-likeness (QED) is 0.497. The maximum atomic E-state index is 14.6. The van der Waals surface area contributed by atoms with Crippen LogP contribution in [0.4, 0.5) is 30.7 Å². The Morgan fingerprint density at radius 3 is 2.32 bits per heavy atom. The number of rotatable bonds is 3. The molecule has 1 aliphatic heterocycles. The molecule has 31 heavy (non-hydrogen) atoms. The second-order valence-electron chi connectivity index (χ2n) is 6.78. The number of carboxylic acid groups (broad SMARTS) is 1. The van der Waals surface area contributed by atoms with E-state index in [4.69, 9.17) is 5.11 Å². The number of alkyl halides is 6.